The fourth-order valence-corrected chi connectivity index (χ4v) is 2.58. The van der Waals surface area contributed by atoms with Crippen molar-refractivity contribution in [1.29, 1.82) is 0 Å². The van der Waals surface area contributed by atoms with Gasteiger partial charge in [0.05, 0.1) is 6.54 Å². The molecule has 0 bridgehead atoms. The molecule has 0 saturated heterocycles. The SMILES string of the molecule is Cc1ccc(C(=O)CCN2CCn3ccnc3C2)cc1F. The van der Waals surface area contributed by atoms with E-state index in [1.807, 2.05) is 6.20 Å². The highest BCUT2D eigenvalue weighted by molar-refractivity contribution is 5.96. The number of nitrogens with zero attached hydrogens (tertiary/aromatic N) is 3. The van der Waals surface area contributed by atoms with Gasteiger partial charge in [-0.2, -0.15) is 0 Å². The molecule has 1 aromatic carbocycles. The highest BCUT2D eigenvalue weighted by atomic mass is 19.1. The first-order valence-electron chi connectivity index (χ1n) is 7.15. The van der Waals surface area contributed by atoms with Gasteiger partial charge < -0.3 is 4.57 Å². The summed E-state index contributed by atoms with van der Waals surface area (Å²) < 4.78 is 15.6. The van der Waals surface area contributed by atoms with E-state index in [-0.39, 0.29) is 11.6 Å². The number of halogens is 1. The molecule has 0 unspecified atom stereocenters. The lowest BCUT2D eigenvalue weighted by Gasteiger charge is -2.27. The molecule has 0 atom stereocenters. The van der Waals surface area contributed by atoms with E-state index in [2.05, 4.69) is 14.5 Å². The lowest BCUT2D eigenvalue weighted by atomic mass is 10.1. The van der Waals surface area contributed by atoms with Crippen LogP contribution in [0.15, 0.2) is 30.6 Å². The quantitative estimate of drug-likeness (QED) is 0.811. The zero-order chi connectivity index (χ0) is 14.8. The first-order chi connectivity index (χ1) is 10.1. The number of aromatic nitrogens is 2. The fourth-order valence-electron chi connectivity index (χ4n) is 2.58. The molecule has 2 heterocycles. The predicted molar refractivity (Wildman–Crippen MR) is 77.6 cm³/mol. The number of benzene rings is 1. The Morgan fingerprint density at radius 2 is 2.24 bits per heavy atom. The Kier molecular flexibility index (Phi) is 3.84. The molecule has 0 fully saturated rings. The van der Waals surface area contributed by atoms with Crippen molar-refractivity contribution in [3.05, 3.63) is 53.4 Å². The molecule has 1 aromatic heterocycles. The molecule has 0 aliphatic carbocycles. The number of hydrogen-bond donors (Lipinski definition) is 0. The van der Waals surface area contributed by atoms with Crippen LogP contribution in [-0.4, -0.2) is 33.3 Å². The molecule has 2 aromatic rings. The van der Waals surface area contributed by atoms with Crippen LogP contribution in [0.1, 0.15) is 28.2 Å². The Bertz CT molecular complexity index is 665. The second-order valence-corrected chi connectivity index (χ2v) is 5.45. The van der Waals surface area contributed by atoms with Crippen LogP contribution in [0.25, 0.3) is 0 Å². The number of fused-ring (bicyclic) bond motifs is 1. The van der Waals surface area contributed by atoms with Crippen molar-refractivity contribution < 1.29 is 9.18 Å². The van der Waals surface area contributed by atoms with Gasteiger partial charge in [0, 0.05) is 44.0 Å². The van der Waals surface area contributed by atoms with Crippen LogP contribution in [0.5, 0.6) is 0 Å². The van der Waals surface area contributed by atoms with E-state index in [1.165, 1.54) is 6.07 Å². The van der Waals surface area contributed by atoms with Gasteiger partial charge in [0.25, 0.3) is 0 Å². The van der Waals surface area contributed by atoms with Crippen molar-refractivity contribution in [3.8, 4) is 0 Å². The monoisotopic (exact) mass is 287 g/mol. The number of hydrogen-bond acceptors (Lipinski definition) is 3. The van der Waals surface area contributed by atoms with Crippen molar-refractivity contribution in [1.82, 2.24) is 14.5 Å². The topological polar surface area (TPSA) is 38.1 Å². The number of imidazole rings is 1. The summed E-state index contributed by atoms with van der Waals surface area (Å²) in [5.74, 6) is 0.707. The largest absolute Gasteiger partial charge is 0.333 e. The van der Waals surface area contributed by atoms with Gasteiger partial charge >= 0.3 is 0 Å². The lowest BCUT2D eigenvalue weighted by molar-refractivity contribution is 0.0955. The van der Waals surface area contributed by atoms with Gasteiger partial charge in [-0.25, -0.2) is 9.37 Å². The van der Waals surface area contributed by atoms with Crippen molar-refractivity contribution in [3.63, 3.8) is 0 Å². The molecule has 0 radical (unpaired) electrons. The van der Waals surface area contributed by atoms with Crippen LogP contribution in [0.3, 0.4) is 0 Å². The van der Waals surface area contributed by atoms with Gasteiger partial charge in [0.15, 0.2) is 5.78 Å². The van der Waals surface area contributed by atoms with Gasteiger partial charge in [0.2, 0.25) is 0 Å². The van der Waals surface area contributed by atoms with Crippen molar-refractivity contribution in [2.45, 2.75) is 26.4 Å². The van der Waals surface area contributed by atoms with E-state index in [0.29, 0.717) is 24.1 Å². The molecule has 1 aliphatic rings. The highest BCUT2D eigenvalue weighted by Crippen LogP contribution is 2.14. The smallest absolute Gasteiger partial charge is 0.164 e. The van der Waals surface area contributed by atoms with Gasteiger partial charge in [0.1, 0.15) is 11.6 Å². The van der Waals surface area contributed by atoms with E-state index in [4.69, 9.17) is 0 Å². The molecule has 0 saturated carbocycles. The van der Waals surface area contributed by atoms with Crippen LogP contribution in [0, 0.1) is 12.7 Å². The standard InChI is InChI=1S/C16H18FN3O/c1-12-2-3-13(10-14(12)17)15(21)4-6-19-8-9-20-7-5-18-16(20)11-19/h2-3,5,7,10H,4,6,8-9,11H2,1H3. The van der Waals surface area contributed by atoms with Crippen molar-refractivity contribution >= 4 is 5.78 Å². The molecular weight excluding hydrogens is 269 g/mol. The number of Topliss-reactive ketones (excluding diaryl/α,β-unsaturated/α-hetero) is 1. The second kappa shape index (κ2) is 5.77. The number of ketones is 1. The van der Waals surface area contributed by atoms with E-state index in [1.54, 1.807) is 25.3 Å². The number of carbonyl (C=O) groups excluding carboxylic acids is 1. The average Bonchev–Trinajstić information content (AvgIpc) is 2.95. The molecule has 4 nitrogen and oxygen atoms in total. The van der Waals surface area contributed by atoms with Crippen LogP contribution in [0.2, 0.25) is 0 Å². The second-order valence-electron chi connectivity index (χ2n) is 5.45. The minimum absolute atomic E-state index is 0.0113. The van der Waals surface area contributed by atoms with Gasteiger partial charge in [-0.3, -0.25) is 9.69 Å². The molecular formula is C16H18FN3O. The summed E-state index contributed by atoms with van der Waals surface area (Å²) in [4.78, 5) is 18.6. The summed E-state index contributed by atoms with van der Waals surface area (Å²) in [6.45, 7) is 4.96. The Morgan fingerprint density at radius 1 is 1.38 bits per heavy atom. The number of rotatable bonds is 4. The predicted octanol–water partition coefficient (Wildman–Crippen LogP) is 2.42. The average molecular weight is 287 g/mol. The number of aryl methyl sites for hydroxylation is 1. The normalized spacial score (nSPS) is 15.0. The van der Waals surface area contributed by atoms with Crippen LogP contribution < -0.4 is 0 Å². The molecule has 110 valence electrons. The minimum atomic E-state index is -0.319. The lowest BCUT2D eigenvalue weighted by Crippen LogP contribution is -2.35. The maximum atomic E-state index is 13.5. The Hall–Kier alpha value is -2.01. The van der Waals surface area contributed by atoms with E-state index < -0.39 is 0 Å². The van der Waals surface area contributed by atoms with Crippen molar-refractivity contribution in [2.24, 2.45) is 0 Å². The van der Waals surface area contributed by atoms with Crippen LogP contribution >= 0.6 is 0 Å². The van der Waals surface area contributed by atoms with Crippen LogP contribution in [0.4, 0.5) is 4.39 Å². The van der Waals surface area contributed by atoms with E-state index >= 15 is 0 Å². The van der Waals surface area contributed by atoms with Crippen molar-refractivity contribution in [2.75, 3.05) is 13.1 Å². The van der Waals surface area contributed by atoms with E-state index in [9.17, 15) is 9.18 Å². The van der Waals surface area contributed by atoms with Gasteiger partial charge in [-0.05, 0) is 18.6 Å². The third-order valence-corrected chi connectivity index (χ3v) is 3.97. The molecule has 0 spiro atoms. The molecule has 21 heavy (non-hydrogen) atoms. The molecule has 0 amide bonds. The summed E-state index contributed by atoms with van der Waals surface area (Å²) in [5.41, 5.74) is 1.02. The summed E-state index contributed by atoms with van der Waals surface area (Å²) in [5, 5.41) is 0. The minimum Gasteiger partial charge on any atom is -0.333 e. The third kappa shape index (κ3) is 3.03. The molecule has 3 rings (SSSR count). The first-order valence-corrected chi connectivity index (χ1v) is 7.15. The van der Waals surface area contributed by atoms with Crippen LogP contribution in [-0.2, 0) is 13.1 Å². The molecule has 0 N–H and O–H groups in total. The maximum absolute atomic E-state index is 13.5. The Balaban J connectivity index is 1.58. The highest BCUT2D eigenvalue weighted by Gasteiger charge is 2.17. The summed E-state index contributed by atoms with van der Waals surface area (Å²) in [7, 11) is 0. The summed E-state index contributed by atoms with van der Waals surface area (Å²) in [6.07, 6.45) is 4.19. The Labute approximate surface area is 123 Å². The fraction of sp³-hybridized carbons (Fsp3) is 0.375. The molecule has 1 aliphatic heterocycles. The zero-order valence-corrected chi connectivity index (χ0v) is 12.1. The zero-order valence-electron chi connectivity index (χ0n) is 12.1. The maximum Gasteiger partial charge on any atom is 0.164 e. The Morgan fingerprint density at radius 3 is 3.05 bits per heavy atom. The third-order valence-electron chi connectivity index (χ3n) is 3.97. The summed E-state index contributed by atoms with van der Waals surface area (Å²) in [6, 6.07) is 4.69. The van der Waals surface area contributed by atoms with E-state index in [0.717, 1.165) is 25.5 Å². The molecule has 5 heteroatoms. The van der Waals surface area contributed by atoms with Gasteiger partial charge in [-0.15, -0.1) is 0 Å². The summed E-state index contributed by atoms with van der Waals surface area (Å²) >= 11 is 0. The number of carbonyl (C=O) groups is 1. The first kappa shape index (κ1) is 13.9. The van der Waals surface area contributed by atoms with Gasteiger partial charge in [-0.1, -0.05) is 12.1 Å².